The summed E-state index contributed by atoms with van der Waals surface area (Å²) in [5, 5.41) is 0. The van der Waals surface area contributed by atoms with Crippen LogP contribution in [-0.2, 0) is 6.42 Å². The van der Waals surface area contributed by atoms with Crippen LogP contribution in [-0.4, -0.2) is 6.10 Å². The molecular formula is C26H40O. The van der Waals surface area contributed by atoms with Crippen LogP contribution in [0.5, 0.6) is 5.75 Å². The number of hydrogen-bond acceptors (Lipinski definition) is 1. The van der Waals surface area contributed by atoms with Crippen LogP contribution in [0.2, 0.25) is 0 Å². The fourth-order valence-corrected chi connectivity index (χ4v) is 6.29. The SMILES string of the molecule is CCCC1CCC(C2CCC(c3ccc4c(c3)CCC(CC)O4)CC2)CC1. The lowest BCUT2D eigenvalue weighted by Gasteiger charge is -2.38. The van der Waals surface area contributed by atoms with Crippen LogP contribution in [0.15, 0.2) is 18.2 Å². The van der Waals surface area contributed by atoms with Crippen molar-refractivity contribution in [3.05, 3.63) is 29.3 Å². The molecule has 0 N–H and O–H groups in total. The summed E-state index contributed by atoms with van der Waals surface area (Å²) < 4.78 is 6.15. The highest BCUT2D eigenvalue weighted by Crippen LogP contribution is 2.45. The molecule has 1 heterocycles. The highest BCUT2D eigenvalue weighted by Gasteiger charge is 2.31. The van der Waals surface area contributed by atoms with Crippen LogP contribution in [0, 0.1) is 17.8 Å². The summed E-state index contributed by atoms with van der Waals surface area (Å²) in [7, 11) is 0. The third-order valence-corrected chi connectivity index (χ3v) is 8.07. The van der Waals surface area contributed by atoms with Gasteiger partial charge in [-0.15, -0.1) is 0 Å². The third-order valence-electron chi connectivity index (χ3n) is 8.07. The topological polar surface area (TPSA) is 9.23 Å². The molecule has 0 aromatic heterocycles. The van der Waals surface area contributed by atoms with E-state index in [1.807, 2.05) is 0 Å². The van der Waals surface area contributed by atoms with Crippen LogP contribution in [0.25, 0.3) is 0 Å². The Labute approximate surface area is 167 Å². The van der Waals surface area contributed by atoms with Gasteiger partial charge in [-0.3, -0.25) is 0 Å². The van der Waals surface area contributed by atoms with Crippen LogP contribution in [0.3, 0.4) is 0 Å². The van der Waals surface area contributed by atoms with Crippen LogP contribution < -0.4 is 4.74 Å². The molecule has 1 atom stereocenters. The van der Waals surface area contributed by atoms with Gasteiger partial charge >= 0.3 is 0 Å². The van der Waals surface area contributed by atoms with E-state index in [-0.39, 0.29) is 0 Å². The molecule has 1 nitrogen and oxygen atoms in total. The molecule has 2 fully saturated rings. The molecule has 4 rings (SSSR count). The third kappa shape index (κ3) is 4.54. The second kappa shape index (κ2) is 9.01. The minimum absolute atomic E-state index is 0.436. The Morgan fingerprint density at radius 3 is 2.22 bits per heavy atom. The van der Waals surface area contributed by atoms with Crippen molar-refractivity contribution in [1.82, 2.24) is 0 Å². The number of aryl methyl sites for hydroxylation is 1. The fourth-order valence-electron chi connectivity index (χ4n) is 6.29. The van der Waals surface area contributed by atoms with Crippen molar-refractivity contribution in [3.8, 4) is 5.75 Å². The molecule has 150 valence electrons. The zero-order chi connectivity index (χ0) is 18.6. The zero-order valence-electron chi connectivity index (χ0n) is 17.7. The number of hydrogen-bond donors (Lipinski definition) is 0. The minimum Gasteiger partial charge on any atom is -0.490 e. The van der Waals surface area contributed by atoms with Crippen molar-refractivity contribution in [3.63, 3.8) is 0 Å². The molecule has 1 unspecified atom stereocenters. The Hall–Kier alpha value is -0.980. The van der Waals surface area contributed by atoms with Gasteiger partial charge in [0.15, 0.2) is 0 Å². The molecule has 1 aromatic carbocycles. The van der Waals surface area contributed by atoms with E-state index in [0.717, 1.165) is 35.8 Å². The summed E-state index contributed by atoms with van der Waals surface area (Å²) in [6, 6.07) is 7.13. The van der Waals surface area contributed by atoms with Crippen molar-refractivity contribution in [2.75, 3.05) is 0 Å². The zero-order valence-corrected chi connectivity index (χ0v) is 17.7. The molecule has 3 aliphatic rings. The number of benzene rings is 1. The fraction of sp³-hybridized carbons (Fsp3) is 0.769. The minimum atomic E-state index is 0.436. The summed E-state index contributed by atoms with van der Waals surface area (Å²) in [5.41, 5.74) is 3.06. The lowest BCUT2D eigenvalue weighted by molar-refractivity contribution is 0.156. The first-order chi connectivity index (χ1) is 13.3. The van der Waals surface area contributed by atoms with Gasteiger partial charge in [0.1, 0.15) is 5.75 Å². The van der Waals surface area contributed by atoms with Gasteiger partial charge in [-0.1, -0.05) is 51.7 Å². The molecule has 1 aromatic rings. The molecule has 1 heteroatoms. The Balaban J connectivity index is 1.30. The van der Waals surface area contributed by atoms with Gasteiger partial charge in [0, 0.05) is 0 Å². The lowest BCUT2D eigenvalue weighted by Crippen LogP contribution is -2.25. The van der Waals surface area contributed by atoms with Crippen LogP contribution >= 0.6 is 0 Å². The Morgan fingerprint density at radius 1 is 0.852 bits per heavy atom. The largest absolute Gasteiger partial charge is 0.490 e. The second-order valence-electron chi connectivity index (χ2n) is 9.74. The summed E-state index contributed by atoms with van der Waals surface area (Å²) in [6.07, 6.45) is 18.7. The quantitative estimate of drug-likeness (QED) is 0.518. The van der Waals surface area contributed by atoms with Crippen LogP contribution in [0.4, 0.5) is 0 Å². The molecule has 2 aliphatic carbocycles. The van der Waals surface area contributed by atoms with Gasteiger partial charge in [0.2, 0.25) is 0 Å². The molecule has 27 heavy (non-hydrogen) atoms. The number of ether oxygens (including phenoxy) is 1. The summed E-state index contributed by atoms with van der Waals surface area (Å²) >= 11 is 0. The highest BCUT2D eigenvalue weighted by atomic mass is 16.5. The van der Waals surface area contributed by atoms with E-state index >= 15 is 0 Å². The van der Waals surface area contributed by atoms with Gasteiger partial charge in [-0.25, -0.2) is 0 Å². The first kappa shape index (κ1) is 19.3. The molecular weight excluding hydrogens is 328 g/mol. The molecule has 0 amide bonds. The maximum absolute atomic E-state index is 6.15. The Morgan fingerprint density at radius 2 is 1.56 bits per heavy atom. The standard InChI is InChI=1S/C26H40O/c1-3-5-19-6-8-20(9-7-19)21-10-12-22(13-11-21)23-15-17-26-24(18-23)14-16-25(4-2)27-26/h15,17-22,25H,3-14,16H2,1-2H3. The van der Waals surface area contributed by atoms with E-state index in [2.05, 4.69) is 32.0 Å². The average Bonchev–Trinajstić information content (AvgIpc) is 2.74. The van der Waals surface area contributed by atoms with E-state index in [1.165, 1.54) is 82.6 Å². The maximum atomic E-state index is 6.15. The van der Waals surface area contributed by atoms with Gasteiger partial charge in [-0.05, 0) is 98.7 Å². The summed E-state index contributed by atoms with van der Waals surface area (Å²) in [5.74, 6) is 5.07. The van der Waals surface area contributed by atoms with E-state index in [1.54, 1.807) is 5.56 Å². The van der Waals surface area contributed by atoms with Crippen LogP contribution in [0.1, 0.15) is 108 Å². The Bertz CT molecular complexity index is 590. The first-order valence-corrected chi connectivity index (χ1v) is 12.1. The summed E-state index contributed by atoms with van der Waals surface area (Å²) in [6.45, 7) is 4.58. The van der Waals surface area contributed by atoms with Crippen molar-refractivity contribution in [2.24, 2.45) is 17.8 Å². The Kier molecular flexibility index (Phi) is 6.46. The number of fused-ring (bicyclic) bond motifs is 1. The van der Waals surface area contributed by atoms with Crippen molar-refractivity contribution in [1.29, 1.82) is 0 Å². The molecule has 0 saturated heterocycles. The van der Waals surface area contributed by atoms with Crippen molar-refractivity contribution in [2.45, 2.75) is 109 Å². The molecule has 0 bridgehead atoms. The summed E-state index contributed by atoms with van der Waals surface area (Å²) in [4.78, 5) is 0. The smallest absolute Gasteiger partial charge is 0.122 e. The van der Waals surface area contributed by atoms with Gasteiger partial charge in [0.25, 0.3) is 0 Å². The number of rotatable bonds is 5. The second-order valence-corrected chi connectivity index (χ2v) is 9.74. The lowest BCUT2D eigenvalue weighted by atomic mass is 9.68. The normalized spacial score (nSPS) is 33.9. The van der Waals surface area contributed by atoms with Crippen molar-refractivity contribution >= 4 is 0 Å². The molecule has 1 aliphatic heterocycles. The average molecular weight is 369 g/mol. The van der Waals surface area contributed by atoms with E-state index < -0.39 is 0 Å². The predicted octanol–water partition coefficient (Wildman–Crippen LogP) is 7.67. The molecule has 0 radical (unpaired) electrons. The maximum Gasteiger partial charge on any atom is 0.122 e. The van der Waals surface area contributed by atoms with Gasteiger partial charge in [0.05, 0.1) is 6.10 Å². The van der Waals surface area contributed by atoms with Gasteiger partial charge in [-0.2, -0.15) is 0 Å². The van der Waals surface area contributed by atoms with E-state index in [0.29, 0.717) is 6.10 Å². The van der Waals surface area contributed by atoms with Crippen molar-refractivity contribution < 1.29 is 4.74 Å². The first-order valence-electron chi connectivity index (χ1n) is 12.1. The molecule has 0 spiro atoms. The highest BCUT2D eigenvalue weighted by molar-refractivity contribution is 5.40. The van der Waals surface area contributed by atoms with Gasteiger partial charge < -0.3 is 4.74 Å². The van der Waals surface area contributed by atoms with E-state index in [9.17, 15) is 0 Å². The monoisotopic (exact) mass is 368 g/mol. The predicted molar refractivity (Wildman–Crippen MR) is 115 cm³/mol. The molecule has 2 saturated carbocycles. The van der Waals surface area contributed by atoms with E-state index in [4.69, 9.17) is 4.74 Å².